The van der Waals surface area contributed by atoms with E-state index < -0.39 is 0 Å². The molecule has 1 fully saturated rings. The lowest BCUT2D eigenvalue weighted by Gasteiger charge is -2.31. The third-order valence-electron chi connectivity index (χ3n) is 3.43. The fourth-order valence-corrected chi connectivity index (χ4v) is 2.54. The second-order valence-corrected chi connectivity index (χ2v) is 5.15. The molecule has 0 spiro atoms. The normalized spacial score (nSPS) is 20.7. The molecule has 4 heteroatoms. The molecule has 1 amide bonds. The quantitative estimate of drug-likeness (QED) is 0.647. The number of hydrogen-bond acceptors (Lipinski definition) is 3. The van der Waals surface area contributed by atoms with Crippen molar-refractivity contribution in [2.75, 3.05) is 32.7 Å². The molecule has 0 aromatic heterocycles. The fraction of sp³-hybridized carbons (Fsp3) is 0.857. The molecule has 4 nitrogen and oxygen atoms in total. The number of hydrogen-bond donors (Lipinski definition) is 0. The molecule has 0 radical (unpaired) electrons. The van der Waals surface area contributed by atoms with Gasteiger partial charge in [-0.05, 0) is 32.2 Å². The summed E-state index contributed by atoms with van der Waals surface area (Å²) in [4.78, 5) is 27.1. The highest BCUT2D eigenvalue weighted by Crippen LogP contribution is 2.14. The van der Waals surface area contributed by atoms with Crippen LogP contribution in [0.4, 0.5) is 0 Å². The van der Waals surface area contributed by atoms with Crippen LogP contribution in [-0.2, 0) is 9.59 Å². The molecule has 0 bridgehead atoms. The molecule has 104 valence electrons. The molecule has 1 unspecified atom stereocenters. The van der Waals surface area contributed by atoms with Gasteiger partial charge in [0.1, 0.15) is 6.29 Å². The van der Waals surface area contributed by atoms with E-state index in [9.17, 15) is 9.59 Å². The van der Waals surface area contributed by atoms with Crippen LogP contribution in [0, 0.1) is 5.92 Å². The number of nitrogens with zero attached hydrogens (tertiary/aromatic N) is 2. The molecule has 0 saturated carbocycles. The first kappa shape index (κ1) is 15.2. The molecule has 1 rings (SSSR count). The molecule has 1 atom stereocenters. The van der Waals surface area contributed by atoms with Gasteiger partial charge in [-0.1, -0.05) is 13.8 Å². The molecular weight excluding hydrogens is 228 g/mol. The Hall–Kier alpha value is -0.900. The van der Waals surface area contributed by atoms with Crippen molar-refractivity contribution in [1.82, 2.24) is 9.80 Å². The highest BCUT2D eigenvalue weighted by atomic mass is 16.2. The Labute approximate surface area is 110 Å². The Morgan fingerprint density at radius 2 is 2.00 bits per heavy atom. The number of carbonyl (C=O) groups is 2. The lowest BCUT2D eigenvalue weighted by Crippen LogP contribution is -2.45. The van der Waals surface area contributed by atoms with E-state index in [1.807, 2.05) is 4.90 Å². The summed E-state index contributed by atoms with van der Waals surface area (Å²) in [5.74, 6) is 0.336. The molecule has 1 aliphatic heterocycles. The average molecular weight is 254 g/mol. The second-order valence-electron chi connectivity index (χ2n) is 5.15. The monoisotopic (exact) mass is 254 g/mol. The lowest BCUT2D eigenvalue weighted by atomic mass is 10.00. The minimum absolute atomic E-state index is 0.123. The van der Waals surface area contributed by atoms with Crippen LogP contribution >= 0.6 is 0 Å². The molecule has 0 aliphatic carbocycles. The smallest absolute Gasteiger partial charge is 0.236 e. The van der Waals surface area contributed by atoms with Crippen LogP contribution < -0.4 is 0 Å². The van der Waals surface area contributed by atoms with E-state index in [0.29, 0.717) is 6.54 Å². The van der Waals surface area contributed by atoms with E-state index in [1.54, 1.807) is 0 Å². The van der Waals surface area contributed by atoms with Gasteiger partial charge in [-0.15, -0.1) is 0 Å². The van der Waals surface area contributed by atoms with Crippen LogP contribution in [0.25, 0.3) is 0 Å². The van der Waals surface area contributed by atoms with E-state index in [2.05, 4.69) is 18.7 Å². The van der Waals surface area contributed by atoms with Gasteiger partial charge < -0.3 is 9.69 Å². The molecule has 1 saturated heterocycles. The van der Waals surface area contributed by atoms with Crippen LogP contribution in [0.15, 0.2) is 0 Å². The largest absolute Gasteiger partial charge is 0.342 e. The maximum Gasteiger partial charge on any atom is 0.236 e. The zero-order chi connectivity index (χ0) is 13.4. The van der Waals surface area contributed by atoms with Gasteiger partial charge >= 0.3 is 0 Å². The SMILES string of the molecule is CCCN(CCC)C(=O)CN1CCCC(C=O)C1. The summed E-state index contributed by atoms with van der Waals surface area (Å²) < 4.78 is 0. The van der Waals surface area contributed by atoms with Gasteiger partial charge in [0, 0.05) is 25.6 Å². The number of rotatable bonds is 7. The van der Waals surface area contributed by atoms with Crippen molar-refractivity contribution in [1.29, 1.82) is 0 Å². The Bertz CT molecular complexity index is 263. The topological polar surface area (TPSA) is 40.6 Å². The van der Waals surface area contributed by atoms with Crippen molar-refractivity contribution in [3.63, 3.8) is 0 Å². The highest BCUT2D eigenvalue weighted by Gasteiger charge is 2.22. The first-order chi connectivity index (χ1) is 8.71. The van der Waals surface area contributed by atoms with Gasteiger partial charge in [-0.2, -0.15) is 0 Å². The number of amides is 1. The summed E-state index contributed by atoms with van der Waals surface area (Å²) in [7, 11) is 0. The van der Waals surface area contributed by atoms with Crippen LogP contribution in [0.2, 0.25) is 0 Å². The van der Waals surface area contributed by atoms with Crippen LogP contribution in [0.5, 0.6) is 0 Å². The molecular formula is C14H26N2O2. The van der Waals surface area contributed by atoms with Crippen molar-refractivity contribution in [2.45, 2.75) is 39.5 Å². The van der Waals surface area contributed by atoms with Crippen LogP contribution in [0.3, 0.4) is 0 Å². The third kappa shape index (κ3) is 4.77. The summed E-state index contributed by atoms with van der Waals surface area (Å²) in [5, 5.41) is 0. The zero-order valence-electron chi connectivity index (χ0n) is 11.7. The van der Waals surface area contributed by atoms with E-state index >= 15 is 0 Å². The Balaban J connectivity index is 2.43. The minimum Gasteiger partial charge on any atom is -0.342 e. The molecule has 1 heterocycles. The van der Waals surface area contributed by atoms with Gasteiger partial charge in [0.2, 0.25) is 5.91 Å². The van der Waals surface area contributed by atoms with Gasteiger partial charge in [-0.25, -0.2) is 0 Å². The number of aldehydes is 1. The second kappa shape index (κ2) is 8.25. The molecule has 0 aromatic carbocycles. The predicted molar refractivity (Wildman–Crippen MR) is 72.4 cm³/mol. The van der Waals surface area contributed by atoms with Crippen LogP contribution in [-0.4, -0.2) is 54.7 Å². The van der Waals surface area contributed by atoms with Crippen LogP contribution in [0.1, 0.15) is 39.5 Å². The molecule has 1 aliphatic rings. The zero-order valence-corrected chi connectivity index (χ0v) is 11.7. The molecule has 0 aromatic rings. The van der Waals surface area contributed by atoms with Crippen molar-refractivity contribution in [3.05, 3.63) is 0 Å². The van der Waals surface area contributed by atoms with E-state index in [4.69, 9.17) is 0 Å². The number of likely N-dealkylation sites (tertiary alicyclic amines) is 1. The highest BCUT2D eigenvalue weighted by molar-refractivity contribution is 5.78. The van der Waals surface area contributed by atoms with Gasteiger partial charge in [0.25, 0.3) is 0 Å². The van der Waals surface area contributed by atoms with Crippen molar-refractivity contribution < 1.29 is 9.59 Å². The summed E-state index contributed by atoms with van der Waals surface area (Å²) in [6.07, 6.45) is 5.04. The molecule has 0 N–H and O–H groups in total. The number of piperidine rings is 1. The first-order valence-electron chi connectivity index (χ1n) is 7.16. The maximum atomic E-state index is 12.2. The van der Waals surface area contributed by atoms with Crippen molar-refractivity contribution in [2.24, 2.45) is 5.92 Å². The van der Waals surface area contributed by atoms with Crippen molar-refractivity contribution in [3.8, 4) is 0 Å². The van der Waals surface area contributed by atoms with Crippen molar-refractivity contribution >= 4 is 12.2 Å². The Morgan fingerprint density at radius 3 is 2.56 bits per heavy atom. The third-order valence-corrected chi connectivity index (χ3v) is 3.43. The Morgan fingerprint density at radius 1 is 1.33 bits per heavy atom. The fourth-order valence-electron chi connectivity index (χ4n) is 2.54. The predicted octanol–water partition coefficient (Wildman–Crippen LogP) is 1.55. The van der Waals surface area contributed by atoms with E-state index in [0.717, 1.165) is 58.1 Å². The van der Waals surface area contributed by atoms with Gasteiger partial charge in [-0.3, -0.25) is 9.69 Å². The van der Waals surface area contributed by atoms with E-state index in [-0.39, 0.29) is 11.8 Å². The van der Waals surface area contributed by atoms with E-state index in [1.165, 1.54) is 0 Å². The lowest BCUT2D eigenvalue weighted by molar-refractivity contribution is -0.133. The summed E-state index contributed by atoms with van der Waals surface area (Å²) >= 11 is 0. The Kier molecular flexibility index (Phi) is 6.94. The number of carbonyl (C=O) groups excluding carboxylic acids is 2. The molecule has 18 heavy (non-hydrogen) atoms. The minimum atomic E-state index is 0.123. The summed E-state index contributed by atoms with van der Waals surface area (Å²) in [5.41, 5.74) is 0. The maximum absolute atomic E-state index is 12.2. The standard InChI is InChI=1S/C14H26N2O2/c1-3-7-16(8-4-2)14(18)11-15-9-5-6-13(10-15)12-17/h12-13H,3-11H2,1-2H3. The summed E-state index contributed by atoms with van der Waals surface area (Å²) in [6.45, 7) is 8.06. The summed E-state index contributed by atoms with van der Waals surface area (Å²) in [6, 6.07) is 0. The first-order valence-corrected chi connectivity index (χ1v) is 7.16. The van der Waals surface area contributed by atoms with Gasteiger partial charge in [0.15, 0.2) is 0 Å². The van der Waals surface area contributed by atoms with Gasteiger partial charge in [0.05, 0.1) is 6.54 Å². The average Bonchev–Trinajstić information content (AvgIpc) is 2.38.